The summed E-state index contributed by atoms with van der Waals surface area (Å²) >= 11 is 1.87. The number of anilines is 3. The lowest BCUT2D eigenvalue weighted by Gasteiger charge is -2.31. The van der Waals surface area contributed by atoms with Gasteiger partial charge in [0.1, 0.15) is 0 Å². The number of hydrogen-bond donors (Lipinski definition) is 0. The molecule has 1 nitrogen and oxygen atoms in total. The van der Waals surface area contributed by atoms with E-state index in [4.69, 9.17) is 0 Å². The molecular weight excluding hydrogens is 755 g/mol. The molecule has 0 N–H and O–H groups in total. The fraction of sp³-hybridized carbons (Fsp3) is 0.0508. The van der Waals surface area contributed by atoms with Gasteiger partial charge in [-0.1, -0.05) is 172 Å². The van der Waals surface area contributed by atoms with Gasteiger partial charge in [0.15, 0.2) is 0 Å². The van der Waals surface area contributed by atoms with Gasteiger partial charge in [0, 0.05) is 42.5 Å². The Balaban J connectivity index is 1.16. The van der Waals surface area contributed by atoms with Crippen molar-refractivity contribution in [2.45, 2.75) is 19.3 Å². The van der Waals surface area contributed by atoms with E-state index in [1.807, 2.05) is 11.3 Å². The molecule has 0 fully saturated rings. The smallest absolute Gasteiger partial charge is 0.0546 e. The lowest BCUT2D eigenvalue weighted by atomic mass is 9.82. The minimum absolute atomic E-state index is 0.150. The number of benzene rings is 10. The van der Waals surface area contributed by atoms with E-state index in [9.17, 15) is 0 Å². The summed E-state index contributed by atoms with van der Waals surface area (Å²) in [5, 5.41) is 7.59. The second kappa shape index (κ2) is 13.9. The number of nitrogens with zero attached hydrogens (tertiary/aromatic N) is 1. The zero-order chi connectivity index (χ0) is 40.7. The standard InChI is InChI=1S/C59H41NS/c1-59(2)53-24-12-10-21-48(53)49-33-32-43(37-54(49)59)60(42-30-27-39(28-31-42)38-15-4-3-5-16-38)55-25-14-23-45(41-29-34-57-51(35-41)50-22-11-13-26-56(50)61-57)58(55)52-36-40-17-6-7-18-44(40)46-19-8-9-20-47(46)52/h3-37H,1-2H3. The van der Waals surface area contributed by atoms with Crippen LogP contribution in [0.5, 0.6) is 0 Å². The third-order valence-corrected chi connectivity index (χ3v) is 14.2. The Morgan fingerprint density at radius 3 is 1.84 bits per heavy atom. The molecule has 0 aliphatic heterocycles. The predicted molar refractivity (Wildman–Crippen MR) is 263 cm³/mol. The van der Waals surface area contributed by atoms with Crippen molar-refractivity contribution in [3.05, 3.63) is 223 Å². The molecule has 61 heavy (non-hydrogen) atoms. The Labute approximate surface area is 360 Å². The van der Waals surface area contributed by atoms with Gasteiger partial charge in [-0.3, -0.25) is 0 Å². The Hall–Kier alpha value is -7.26. The highest BCUT2D eigenvalue weighted by atomic mass is 32.1. The molecule has 0 saturated carbocycles. The van der Waals surface area contributed by atoms with Crippen LogP contribution in [-0.2, 0) is 5.41 Å². The molecule has 11 aromatic rings. The van der Waals surface area contributed by atoms with Crippen LogP contribution in [0.3, 0.4) is 0 Å². The van der Waals surface area contributed by atoms with E-state index in [0.717, 1.165) is 17.1 Å². The summed E-state index contributed by atoms with van der Waals surface area (Å²) in [6.45, 7) is 4.75. The molecule has 0 spiro atoms. The maximum absolute atomic E-state index is 2.51. The van der Waals surface area contributed by atoms with Crippen molar-refractivity contribution in [3.8, 4) is 44.5 Å². The van der Waals surface area contributed by atoms with Crippen LogP contribution in [0.4, 0.5) is 17.1 Å². The summed E-state index contributed by atoms with van der Waals surface area (Å²) in [6, 6.07) is 78.9. The van der Waals surface area contributed by atoms with Gasteiger partial charge < -0.3 is 4.90 Å². The van der Waals surface area contributed by atoms with Crippen LogP contribution >= 0.6 is 11.3 Å². The van der Waals surface area contributed by atoms with Gasteiger partial charge >= 0.3 is 0 Å². The first-order chi connectivity index (χ1) is 30.0. The fourth-order valence-corrected chi connectivity index (χ4v) is 11.2. The maximum atomic E-state index is 2.51. The highest BCUT2D eigenvalue weighted by Gasteiger charge is 2.36. The third kappa shape index (κ3) is 5.67. The van der Waals surface area contributed by atoms with E-state index in [1.165, 1.54) is 97.4 Å². The largest absolute Gasteiger partial charge is 0.310 e. The lowest BCUT2D eigenvalue weighted by Crippen LogP contribution is -2.17. The molecule has 0 radical (unpaired) electrons. The van der Waals surface area contributed by atoms with Crippen molar-refractivity contribution in [3.63, 3.8) is 0 Å². The summed E-state index contributed by atoms with van der Waals surface area (Å²) < 4.78 is 2.62. The molecule has 0 amide bonds. The number of fused-ring (bicyclic) bond motifs is 9. The Morgan fingerprint density at radius 1 is 0.361 bits per heavy atom. The van der Waals surface area contributed by atoms with Crippen molar-refractivity contribution in [1.29, 1.82) is 0 Å². The molecule has 2 heteroatoms. The lowest BCUT2D eigenvalue weighted by molar-refractivity contribution is 0.660. The van der Waals surface area contributed by atoms with E-state index >= 15 is 0 Å². The van der Waals surface area contributed by atoms with E-state index in [1.54, 1.807) is 0 Å². The van der Waals surface area contributed by atoms with Crippen LogP contribution < -0.4 is 4.90 Å². The van der Waals surface area contributed by atoms with Crippen molar-refractivity contribution >= 4 is 70.1 Å². The maximum Gasteiger partial charge on any atom is 0.0546 e. The first kappa shape index (κ1) is 35.7. The SMILES string of the molecule is CC1(C)c2ccccc2-c2ccc(N(c3ccc(-c4ccccc4)cc3)c3cccc(-c4ccc5sc6ccccc6c5c4)c3-c3cc4ccccc4c4ccccc34)cc21. The minimum atomic E-state index is -0.150. The van der Waals surface area contributed by atoms with Gasteiger partial charge in [-0.2, -0.15) is 0 Å². The molecule has 1 aliphatic rings. The topological polar surface area (TPSA) is 3.24 Å². The molecule has 1 heterocycles. The van der Waals surface area contributed by atoms with Crippen LogP contribution in [0.2, 0.25) is 0 Å². The zero-order valence-corrected chi connectivity index (χ0v) is 34.9. The van der Waals surface area contributed by atoms with Crippen molar-refractivity contribution in [2.24, 2.45) is 0 Å². The minimum Gasteiger partial charge on any atom is -0.310 e. The quantitative estimate of drug-likeness (QED) is 0.152. The predicted octanol–water partition coefficient (Wildman–Crippen LogP) is 17.1. The van der Waals surface area contributed by atoms with E-state index in [2.05, 4.69) is 231 Å². The van der Waals surface area contributed by atoms with Crippen molar-refractivity contribution < 1.29 is 0 Å². The molecule has 1 aromatic heterocycles. The average Bonchev–Trinajstić information content (AvgIpc) is 3.80. The van der Waals surface area contributed by atoms with Gasteiger partial charge in [-0.25, -0.2) is 0 Å². The molecule has 1 aliphatic carbocycles. The monoisotopic (exact) mass is 795 g/mol. The zero-order valence-electron chi connectivity index (χ0n) is 34.1. The van der Waals surface area contributed by atoms with E-state index in [-0.39, 0.29) is 5.41 Å². The van der Waals surface area contributed by atoms with E-state index < -0.39 is 0 Å². The summed E-state index contributed by atoms with van der Waals surface area (Å²) in [6.07, 6.45) is 0. The number of rotatable bonds is 6. The highest BCUT2D eigenvalue weighted by molar-refractivity contribution is 7.25. The highest BCUT2D eigenvalue weighted by Crippen LogP contribution is 2.53. The molecular formula is C59H41NS. The molecule has 12 rings (SSSR count). The van der Waals surface area contributed by atoms with Crippen molar-refractivity contribution in [2.75, 3.05) is 4.90 Å². The summed E-state index contributed by atoms with van der Waals surface area (Å²) in [4.78, 5) is 2.51. The summed E-state index contributed by atoms with van der Waals surface area (Å²) in [5.74, 6) is 0. The molecule has 0 unspecified atom stereocenters. The molecule has 288 valence electrons. The molecule has 0 atom stereocenters. The normalized spacial score (nSPS) is 12.9. The summed E-state index contributed by atoms with van der Waals surface area (Å²) in [7, 11) is 0. The van der Waals surface area contributed by atoms with Crippen LogP contribution in [-0.4, -0.2) is 0 Å². The first-order valence-corrected chi connectivity index (χ1v) is 22.0. The van der Waals surface area contributed by atoms with Gasteiger partial charge in [0.25, 0.3) is 0 Å². The van der Waals surface area contributed by atoms with Crippen LogP contribution in [0.15, 0.2) is 212 Å². The number of hydrogen-bond acceptors (Lipinski definition) is 2. The third-order valence-electron chi connectivity index (χ3n) is 13.1. The van der Waals surface area contributed by atoms with Gasteiger partial charge in [0.05, 0.1) is 5.69 Å². The second-order valence-corrected chi connectivity index (χ2v) is 17.9. The fourth-order valence-electron chi connectivity index (χ4n) is 10.1. The van der Waals surface area contributed by atoms with Gasteiger partial charge in [0.2, 0.25) is 0 Å². The van der Waals surface area contributed by atoms with Crippen molar-refractivity contribution in [1.82, 2.24) is 0 Å². The number of thiophene rings is 1. The van der Waals surface area contributed by atoms with Crippen LogP contribution in [0, 0.1) is 0 Å². The molecule has 0 saturated heterocycles. The average molecular weight is 796 g/mol. The van der Waals surface area contributed by atoms with Crippen LogP contribution in [0.1, 0.15) is 25.0 Å². The second-order valence-electron chi connectivity index (χ2n) is 16.8. The first-order valence-electron chi connectivity index (χ1n) is 21.2. The molecule has 10 aromatic carbocycles. The summed E-state index contributed by atoms with van der Waals surface area (Å²) in [5.41, 5.74) is 15.8. The molecule has 0 bridgehead atoms. The van der Waals surface area contributed by atoms with Crippen LogP contribution in [0.25, 0.3) is 86.2 Å². The Morgan fingerprint density at radius 2 is 0.984 bits per heavy atom. The van der Waals surface area contributed by atoms with Gasteiger partial charge in [-0.15, -0.1) is 11.3 Å². The van der Waals surface area contributed by atoms with Gasteiger partial charge in [-0.05, 0) is 126 Å². The Kier molecular flexibility index (Phi) is 8.13. The Bertz CT molecular complexity index is 3500. The van der Waals surface area contributed by atoms with E-state index in [0.29, 0.717) is 0 Å².